The molecular weight excluding hydrogens is 314 g/mol. The molecule has 1 heterocycles. The van der Waals surface area contributed by atoms with E-state index in [1.165, 1.54) is 6.92 Å². The Bertz CT molecular complexity index is 659. The van der Waals surface area contributed by atoms with Crippen molar-refractivity contribution in [3.63, 3.8) is 0 Å². The standard InChI is InChI=1S/C16H19N3O5/c1-10(20)24-9-18-15(22)12-5-3-2-4-11(12)8-17-13-6-7-14(21)19-16(13)23/h2-5,13,17H,6-9H2,1H3,(H,18,22)(H,19,21,23)/t13-/m0/s1. The molecule has 1 aromatic carbocycles. The minimum Gasteiger partial charge on any atom is -0.445 e. The van der Waals surface area contributed by atoms with Crippen molar-refractivity contribution in [3.05, 3.63) is 35.4 Å². The molecule has 3 N–H and O–H groups in total. The third kappa shape index (κ3) is 4.88. The SMILES string of the molecule is CC(=O)OCNC(=O)c1ccccc1CN[C@H]1CCC(=O)NC1=O. The van der Waals surface area contributed by atoms with E-state index in [4.69, 9.17) is 0 Å². The van der Waals surface area contributed by atoms with Crippen molar-refractivity contribution in [1.29, 1.82) is 0 Å². The third-order valence-corrected chi connectivity index (χ3v) is 3.55. The van der Waals surface area contributed by atoms with Gasteiger partial charge in [-0.2, -0.15) is 0 Å². The van der Waals surface area contributed by atoms with Crippen LogP contribution >= 0.6 is 0 Å². The largest absolute Gasteiger partial charge is 0.445 e. The molecule has 0 unspecified atom stereocenters. The van der Waals surface area contributed by atoms with Crippen LogP contribution in [-0.2, 0) is 25.7 Å². The van der Waals surface area contributed by atoms with Crippen LogP contribution in [0, 0.1) is 0 Å². The van der Waals surface area contributed by atoms with Crippen LogP contribution in [0.3, 0.4) is 0 Å². The van der Waals surface area contributed by atoms with Crippen LogP contribution < -0.4 is 16.0 Å². The number of carbonyl (C=O) groups excluding carboxylic acids is 4. The van der Waals surface area contributed by atoms with Crippen molar-refractivity contribution in [2.75, 3.05) is 6.73 Å². The van der Waals surface area contributed by atoms with E-state index in [0.717, 1.165) is 0 Å². The second kappa shape index (κ2) is 8.21. The van der Waals surface area contributed by atoms with Gasteiger partial charge in [-0.15, -0.1) is 0 Å². The maximum atomic E-state index is 12.2. The molecule has 0 spiro atoms. The Kier molecular flexibility index (Phi) is 6.02. The number of amides is 3. The van der Waals surface area contributed by atoms with Gasteiger partial charge in [0.1, 0.15) is 0 Å². The first-order chi connectivity index (χ1) is 11.5. The molecule has 128 valence electrons. The predicted octanol–water partition coefficient (Wildman–Crippen LogP) is -0.168. The summed E-state index contributed by atoms with van der Waals surface area (Å²) < 4.78 is 4.68. The lowest BCUT2D eigenvalue weighted by Crippen LogP contribution is -2.50. The Hall–Kier alpha value is -2.74. The number of hydrogen-bond donors (Lipinski definition) is 3. The van der Waals surface area contributed by atoms with E-state index in [9.17, 15) is 19.2 Å². The molecule has 0 aliphatic carbocycles. The van der Waals surface area contributed by atoms with Gasteiger partial charge in [0, 0.05) is 25.5 Å². The van der Waals surface area contributed by atoms with E-state index in [1.54, 1.807) is 24.3 Å². The van der Waals surface area contributed by atoms with Crippen LogP contribution in [0.25, 0.3) is 0 Å². The van der Waals surface area contributed by atoms with Crippen molar-refractivity contribution in [2.45, 2.75) is 32.4 Å². The summed E-state index contributed by atoms with van der Waals surface area (Å²) in [6.45, 7) is 1.34. The van der Waals surface area contributed by atoms with Gasteiger partial charge in [0.05, 0.1) is 6.04 Å². The maximum Gasteiger partial charge on any atom is 0.304 e. The average Bonchev–Trinajstić information content (AvgIpc) is 2.54. The number of imide groups is 1. The molecule has 1 saturated heterocycles. The smallest absolute Gasteiger partial charge is 0.304 e. The molecule has 8 heteroatoms. The molecule has 0 aromatic heterocycles. The van der Waals surface area contributed by atoms with Crippen LogP contribution in [-0.4, -0.2) is 36.5 Å². The van der Waals surface area contributed by atoms with Gasteiger partial charge >= 0.3 is 5.97 Å². The molecule has 0 saturated carbocycles. The van der Waals surface area contributed by atoms with Crippen molar-refractivity contribution < 1.29 is 23.9 Å². The summed E-state index contributed by atoms with van der Waals surface area (Å²) in [6, 6.07) is 6.44. The number of ether oxygens (including phenoxy) is 1. The fraction of sp³-hybridized carbons (Fsp3) is 0.375. The normalized spacial score (nSPS) is 17.1. The summed E-state index contributed by atoms with van der Waals surface area (Å²) in [4.78, 5) is 45.7. The topological polar surface area (TPSA) is 114 Å². The van der Waals surface area contributed by atoms with Crippen molar-refractivity contribution in [3.8, 4) is 0 Å². The highest BCUT2D eigenvalue weighted by Crippen LogP contribution is 2.11. The predicted molar refractivity (Wildman–Crippen MR) is 83.6 cm³/mol. The van der Waals surface area contributed by atoms with Crippen LogP contribution in [0.2, 0.25) is 0 Å². The van der Waals surface area contributed by atoms with E-state index in [-0.39, 0.29) is 30.9 Å². The molecule has 1 atom stereocenters. The van der Waals surface area contributed by atoms with Crippen molar-refractivity contribution in [1.82, 2.24) is 16.0 Å². The fourth-order valence-electron chi connectivity index (χ4n) is 2.32. The zero-order valence-corrected chi connectivity index (χ0v) is 13.3. The highest BCUT2D eigenvalue weighted by molar-refractivity contribution is 6.00. The maximum absolute atomic E-state index is 12.2. The number of benzene rings is 1. The first-order valence-corrected chi connectivity index (χ1v) is 7.54. The number of esters is 1. The molecule has 8 nitrogen and oxygen atoms in total. The van der Waals surface area contributed by atoms with Gasteiger partial charge in [0.2, 0.25) is 11.8 Å². The Balaban J connectivity index is 1.95. The Morgan fingerprint density at radius 3 is 2.75 bits per heavy atom. The van der Waals surface area contributed by atoms with Crippen LogP contribution in [0.15, 0.2) is 24.3 Å². The summed E-state index contributed by atoms with van der Waals surface area (Å²) in [5, 5.41) is 7.81. The summed E-state index contributed by atoms with van der Waals surface area (Å²) >= 11 is 0. The molecule has 1 aromatic rings. The fourth-order valence-corrected chi connectivity index (χ4v) is 2.32. The van der Waals surface area contributed by atoms with Crippen LogP contribution in [0.5, 0.6) is 0 Å². The number of nitrogens with one attached hydrogen (secondary N) is 3. The lowest BCUT2D eigenvalue weighted by atomic mass is 10.0. The minimum atomic E-state index is -0.483. The van der Waals surface area contributed by atoms with Gasteiger partial charge in [-0.3, -0.25) is 24.5 Å². The highest BCUT2D eigenvalue weighted by Gasteiger charge is 2.26. The molecule has 1 aliphatic rings. The molecule has 2 rings (SSSR count). The van der Waals surface area contributed by atoms with Gasteiger partial charge in [0.15, 0.2) is 6.73 Å². The van der Waals surface area contributed by atoms with Crippen LogP contribution in [0.4, 0.5) is 0 Å². The first kappa shape index (κ1) is 17.6. The van der Waals surface area contributed by atoms with Crippen molar-refractivity contribution in [2.24, 2.45) is 0 Å². The van der Waals surface area contributed by atoms with E-state index >= 15 is 0 Å². The molecule has 1 fully saturated rings. The van der Waals surface area contributed by atoms with Gasteiger partial charge in [-0.1, -0.05) is 18.2 Å². The second-order valence-corrected chi connectivity index (χ2v) is 5.33. The Labute approximate surface area is 138 Å². The summed E-state index contributed by atoms with van der Waals surface area (Å²) in [5.41, 5.74) is 1.12. The summed E-state index contributed by atoms with van der Waals surface area (Å²) in [6.07, 6.45) is 0.708. The van der Waals surface area contributed by atoms with Gasteiger partial charge in [0.25, 0.3) is 5.91 Å². The van der Waals surface area contributed by atoms with Crippen molar-refractivity contribution >= 4 is 23.7 Å². The Morgan fingerprint density at radius 2 is 2.04 bits per heavy atom. The van der Waals surface area contributed by atoms with Gasteiger partial charge in [-0.05, 0) is 18.1 Å². The van der Waals surface area contributed by atoms with E-state index in [2.05, 4.69) is 20.7 Å². The van der Waals surface area contributed by atoms with Gasteiger partial charge in [-0.25, -0.2) is 0 Å². The molecule has 0 bridgehead atoms. The second-order valence-electron chi connectivity index (χ2n) is 5.33. The number of rotatable bonds is 6. The minimum absolute atomic E-state index is 0.205. The molecule has 24 heavy (non-hydrogen) atoms. The van der Waals surface area contributed by atoms with E-state index in [0.29, 0.717) is 24.1 Å². The molecular formula is C16H19N3O5. The molecule has 1 aliphatic heterocycles. The third-order valence-electron chi connectivity index (χ3n) is 3.55. The summed E-state index contributed by atoms with van der Waals surface area (Å²) in [5.74, 6) is -1.49. The number of hydrogen-bond acceptors (Lipinski definition) is 6. The van der Waals surface area contributed by atoms with Crippen LogP contribution in [0.1, 0.15) is 35.7 Å². The zero-order chi connectivity index (χ0) is 17.5. The lowest BCUT2D eigenvalue weighted by Gasteiger charge is -2.22. The molecule has 3 amide bonds. The Morgan fingerprint density at radius 1 is 1.29 bits per heavy atom. The van der Waals surface area contributed by atoms with E-state index < -0.39 is 12.0 Å². The van der Waals surface area contributed by atoms with E-state index in [1.807, 2.05) is 0 Å². The summed E-state index contributed by atoms with van der Waals surface area (Å²) in [7, 11) is 0. The van der Waals surface area contributed by atoms with Gasteiger partial charge < -0.3 is 15.4 Å². The average molecular weight is 333 g/mol. The quantitative estimate of drug-likeness (QED) is 0.378. The highest BCUT2D eigenvalue weighted by atomic mass is 16.5. The monoisotopic (exact) mass is 333 g/mol. The first-order valence-electron chi connectivity index (χ1n) is 7.54. The lowest BCUT2D eigenvalue weighted by molar-refractivity contribution is -0.141. The zero-order valence-electron chi connectivity index (χ0n) is 13.3. The number of carbonyl (C=O) groups is 4. The number of piperidine rings is 1. The molecule has 0 radical (unpaired) electrons.